The molecule has 0 N–H and O–H groups in total. The second kappa shape index (κ2) is 7.47. The summed E-state index contributed by atoms with van der Waals surface area (Å²) < 4.78 is 0. The molecule has 0 aromatic heterocycles. The van der Waals surface area contributed by atoms with Gasteiger partial charge >= 0.3 is 0 Å². The van der Waals surface area contributed by atoms with Crippen molar-refractivity contribution in [3.05, 3.63) is 64.2 Å². The van der Waals surface area contributed by atoms with Crippen LogP contribution in [0.15, 0.2) is 48.5 Å². The number of nitro benzene ring substituents is 1. The van der Waals surface area contributed by atoms with Crippen LogP contribution in [0.4, 0.5) is 5.69 Å². The standard InChI is InChI=1S/C20H22N2O3/c1-15-4-2-3-13-21(15)20(23)14-16-5-7-17(8-6-16)18-9-11-19(12-10-18)22(24)25/h5-12,15H,2-4,13-14H2,1H3/t15-/m0/s1. The van der Waals surface area contributed by atoms with Gasteiger partial charge in [-0.15, -0.1) is 0 Å². The summed E-state index contributed by atoms with van der Waals surface area (Å²) in [6.45, 7) is 2.98. The molecule has 1 fully saturated rings. The smallest absolute Gasteiger partial charge is 0.269 e. The van der Waals surface area contributed by atoms with Gasteiger partial charge in [0, 0.05) is 24.7 Å². The highest BCUT2D eigenvalue weighted by atomic mass is 16.6. The van der Waals surface area contributed by atoms with E-state index < -0.39 is 4.92 Å². The van der Waals surface area contributed by atoms with Crippen molar-refractivity contribution in [1.82, 2.24) is 4.90 Å². The van der Waals surface area contributed by atoms with Gasteiger partial charge in [-0.05, 0) is 55.0 Å². The molecule has 0 aliphatic carbocycles. The zero-order chi connectivity index (χ0) is 17.8. The molecular formula is C20H22N2O3. The van der Waals surface area contributed by atoms with Gasteiger partial charge in [0.25, 0.3) is 5.69 Å². The van der Waals surface area contributed by atoms with Crippen molar-refractivity contribution in [2.75, 3.05) is 6.54 Å². The number of hydrogen-bond donors (Lipinski definition) is 0. The number of likely N-dealkylation sites (tertiary alicyclic amines) is 1. The van der Waals surface area contributed by atoms with E-state index in [4.69, 9.17) is 0 Å². The molecule has 0 radical (unpaired) electrons. The third kappa shape index (κ3) is 4.05. The quantitative estimate of drug-likeness (QED) is 0.620. The van der Waals surface area contributed by atoms with Crippen molar-refractivity contribution in [3.8, 4) is 11.1 Å². The fourth-order valence-electron chi connectivity index (χ4n) is 3.34. The Morgan fingerprint density at radius 2 is 1.68 bits per heavy atom. The Bertz CT molecular complexity index is 754. The molecule has 1 heterocycles. The van der Waals surface area contributed by atoms with Crippen LogP contribution in [0, 0.1) is 10.1 Å². The van der Waals surface area contributed by atoms with Crippen molar-refractivity contribution >= 4 is 11.6 Å². The lowest BCUT2D eigenvalue weighted by Crippen LogP contribution is -2.42. The molecule has 0 unspecified atom stereocenters. The topological polar surface area (TPSA) is 63.5 Å². The van der Waals surface area contributed by atoms with Crippen LogP contribution in [0.5, 0.6) is 0 Å². The average Bonchev–Trinajstić information content (AvgIpc) is 2.63. The maximum atomic E-state index is 12.5. The molecule has 0 spiro atoms. The monoisotopic (exact) mass is 338 g/mol. The molecule has 2 aromatic carbocycles. The minimum Gasteiger partial charge on any atom is -0.340 e. The van der Waals surface area contributed by atoms with E-state index in [1.165, 1.54) is 18.6 Å². The van der Waals surface area contributed by atoms with Gasteiger partial charge in [-0.3, -0.25) is 14.9 Å². The SMILES string of the molecule is C[C@H]1CCCCN1C(=O)Cc1ccc(-c2ccc([N+](=O)[O-])cc2)cc1. The minimum absolute atomic E-state index is 0.0848. The zero-order valence-corrected chi connectivity index (χ0v) is 14.4. The first-order valence-electron chi connectivity index (χ1n) is 8.68. The Hall–Kier alpha value is -2.69. The molecule has 0 saturated carbocycles. The van der Waals surface area contributed by atoms with E-state index in [1.807, 2.05) is 29.2 Å². The second-order valence-electron chi connectivity index (χ2n) is 6.61. The van der Waals surface area contributed by atoms with Crippen LogP contribution in [-0.2, 0) is 11.2 Å². The summed E-state index contributed by atoms with van der Waals surface area (Å²) in [6.07, 6.45) is 3.81. The van der Waals surface area contributed by atoms with Crippen molar-refractivity contribution in [2.24, 2.45) is 0 Å². The number of nitro groups is 1. The lowest BCUT2D eigenvalue weighted by atomic mass is 10.0. The lowest BCUT2D eigenvalue weighted by Gasteiger charge is -2.33. The van der Waals surface area contributed by atoms with E-state index in [2.05, 4.69) is 6.92 Å². The third-order valence-electron chi connectivity index (χ3n) is 4.84. The number of rotatable bonds is 4. The Morgan fingerprint density at radius 1 is 1.08 bits per heavy atom. The van der Waals surface area contributed by atoms with E-state index >= 15 is 0 Å². The van der Waals surface area contributed by atoms with Crippen LogP contribution in [0.3, 0.4) is 0 Å². The Morgan fingerprint density at radius 3 is 2.24 bits per heavy atom. The van der Waals surface area contributed by atoms with Crippen LogP contribution in [0.2, 0.25) is 0 Å². The Labute approximate surface area is 147 Å². The Balaban J connectivity index is 1.67. The number of hydrogen-bond acceptors (Lipinski definition) is 3. The van der Waals surface area contributed by atoms with Crippen molar-refractivity contribution in [3.63, 3.8) is 0 Å². The minimum atomic E-state index is -0.403. The summed E-state index contributed by atoms with van der Waals surface area (Å²) in [7, 11) is 0. The van der Waals surface area contributed by atoms with Gasteiger partial charge < -0.3 is 4.90 Å². The number of amides is 1. The van der Waals surface area contributed by atoms with Crippen LogP contribution in [-0.4, -0.2) is 28.3 Å². The largest absolute Gasteiger partial charge is 0.340 e. The first-order chi connectivity index (χ1) is 12.0. The van der Waals surface area contributed by atoms with Crippen LogP contribution in [0.1, 0.15) is 31.7 Å². The maximum Gasteiger partial charge on any atom is 0.269 e. The molecular weight excluding hydrogens is 316 g/mol. The summed E-state index contributed by atoms with van der Waals surface area (Å²) in [5.41, 5.74) is 2.99. The molecule has 130 valence electrons. The molecule has 1 aliphatic rings. The van der Waals surface area contributed by atoms with Crippen molar-refractivity contribution < 1.29 is 9.72 Å². The number of non-ortho nitro benzene ring substituents is 1. The van der Waals surface area contributed by atoms with Crippen molar-refractivity contribution in [2.45, 2.75) is 38.6 Å². The van der Waals surface area contributed by atoms with Crippen LogP contribution < -0.4 is 0 Å². The summed E-state index contributed by atoms with van der Waals surface area (Å²) in [5, 5.41) is 10.7. The van der Waals surface area contributed by atoms with Gasteiger partial charge in [0.2, 0.25) is 5.91 Å². The lowest BCUT2D eigenvalue weighted by molar-refractivity contribution is -0.384. The van der Waals surface area contributed by atoms with Crippen LogP contribution in [0.25, 0.3) is 11.1 Å². The van der Waals surface area contributed by atoms with Crippen molar-refractivity contribution in [1.29, 1.82) is 0 Å². The zero-order valence-electron chi connectivity index (χ0n) is 14.4. The molecule has 25 heavy (non-hydrogen) atoms. The number of carbonyl (C=O) groups excluding carboxylic acids is 1. The predicted octanol–water partition coefficient (Wildman–Crippen LogP) is 4.21. The summed E-state index contributed by atoms with van der Waals surface area (Å²) in [4.78, 5) is 24.8. The maximum absolute atomic E-state index is 12.5. The van der Waals surface area contributed by atoms with Gasteiger partial charge in [-0.1, -0.05) is 24.3 Å². The molecule has 2 aromatic rings. The highest BCUT2D eigenvalue weighted by Gasteiger charge is 2.22. The molecule has 1 atom stereocenters. The summed E-state index contributed by atoms with van der Waals surface area (Å²) >= 11 is 0. The fourth-order valence-corrected chi connectivity index (χ4v) is 3.34. The Kier molecular flexibility index (Phi) is 5.12. The molecule has 1 saturated heterocycles. The number of piperidine rings is 1. The highest BCUT2D eigenvalue weighted by molar-refractivity contribution is 5.79. The summed E-state index contributed by atoms with van der Waals surface area (Å²) in [5.74, 6) is 0.190. The van der Waals surface area contributed by atoms with Crippen LogP contribution >= 0.6 is 0 Å². The molecule has 5 heteroatoms. The molecule has 5 nitrogen and oxygen atoms in total. The molecule has 1 amide bonds. The predicted molar refractivity (Wildman–Crippen MR) is 97.3 cm³/mol. The molecule has 0 bridgehead atoms. The average molecular weight is 338 g/mol. The number of nitrogens with zero attached hydrogens (tertiary/aromatic N) is 2. The summed E-state index contributed by atoms with van der Waals surface area (Å²) in [6, 6.07) is 14.7. The highest BCUT2D eigenvalue weighted by Crippen LogP contribution is 2.23. The van der Waals surface area contributed by atoms with E-state index in [0.717, 1.165) is 36.1 Å². The van der Waals surface area contributed by atoms with E-state index in [1.54, 1.807) is 12.1 Å². The number of carbonyl (C=O) groups is 1. The number of benzene rings is 2. The molecule has 1 aliphatic heterocycles. The molecule has 3 rings (SSSR count). The van der Waals surface area contributed by atoms with Gasteiger partial charge in [-0.25, -0.2) is 0 Å². The first kappa shape index (κ1) is 17.1. The van der Waals surface area contributed by atoms with E-state index in [0.29, 0.717) is 12.5 Å². The normalized spacial score (nSPS) is 17.3. The van der Waals surface area contributed by atoms with Gasteiger partial charge in [-0.2, -0.15) is 0 Å². The first-order valence-corrected chi connectivity index (χ1v) is 8.68. The third-order valence-corrected chi connectivity index (χ3v) is 4.84. The van der Waals surface area contributed by atoms with Gasteiger partial charge in [0.15, 0.2) is 0 Å². The van der Waals surface area contributed by atoms with Gasteiger partial charge in [0.05, 0.1) is 11.3 Å². The second-order valence-corrected chi connectivity index (χ2v) is 6.61. The van der Waals surface area contributed by atoms with Gasteiger partial charge in [0.1, 0.15) is 0 Å². The van der Waals surface area contributed by atoms with E-state index in [-0.39, 0.29) is 11.6 Å². The van der Waals surface area contributed by atoms with E-state index in [9.17, 15) is 14.9 Å². The fraction of sp³-hybridized carbons (Fsp3) is 0.350.